The lowest BCUT2D eigenvalue weighted by atomic mass is 10.0. The van der Waals surface area contributed by atoms with Gasteiger partial charge in [0.15, 0.2) is 5.01 Å². The molecule has 9 heteroatoms. The molecular weight excluding hydrogens is 474 g/mol. The Labute approximate surface area is 215 Å². The summed E-state index contributed by atoms with van der Waals surface area (Å²) in [6, 6.07) is 2.70. The Balaban J connectivity index is 1.32. The molecule has 192 valence electrons. The van der Waals surface area contributed by atoms with Gasteiger partial charge in [0, 0.05) is 29.9 Å². The van der Waals surface area contributed by atoms with E-state index in [0.29, 0.717) is 29.0 Å². The fraction of sp³-hybridized carbons (Fsp3) is 0.630. The Morgan fingerprint density at radius 1 is 1.11 bits per heavy atom. The molecule has 4 fully saturated rings. The van der Waals surface area contributed by atoms with Crippen LogP contribution in [0, 0.1) is 12.8 Å². The number of aryl methyl sites for hydroxylation is 1. The van der Waals surface area contributed by atoms with Gasteiger partial charge < -0.3 is 20.6 Å². The summed E-state index contributed by atoms with van der Waals surface area (Å²) in [5, 5.41) is 16.9. The van der Waals surface area contributed by atoms with Gasteiger partial charge >= 0.3 is 0 Å². The molecule has 2 bridgehead atoms. The number of amides is 2. The molecule has 0 unspecified atom stereocenters. The van der Waals surface area contributed by atoms with Crippen molar-refractivity contribution < 1.29 is 14.7 Å². The number of nitrogens with one attached hydrogen (secondary N) is 2. The van der Waals surface area contributed by atoms with E-state index in [9.17, 15) is 14.7 Å². The van der Waals surface area contributed by atoms with E-state index in [0.717, 1.165) is 55.5 Å². The Bertz CT molecular complexity index is 1160. The van der Waals surface area contributed by atoms with Crippen LogP contribution in [0.3, 0.4) is 0 Å². The molecule has 0 spiro atoms. The lowest BCUT2D eigenvalue weighted by Crippen LogP contribution is -2.40. The van der Waals surface area contributed by atoms with E-state index in [4.69, 9.17) is 0 Å². The summed E-state index contributed by atoms with van der Waals surface area (Å²) in [4.78, 5) is 38.9. The zero-order valence-electron chi connectivity index (χ0n) is 21.0. The van der Waals surface area contributed by atoms with E-state index in [1.807, 2.05) is 24.1 Å². The van der Waals surface area contributed by atoms with Gasteiger partial charge in [-0.25, -0.2) is 9.97 Å². The number of aromatic nitrogens is 2. The first-order valence-electron chi connectivity index (χ1n) is 13.4. The summed E-state index contributed by atoms with van der Waals surface area (Å²) in [6.07, 6.45) is 10.3. The predicted molar refractivity (Wildman–Crippen MR) is 139 cm³/mol. The maximum Gasteiger partial charge on any atom is 0.280 e. The SMILES string of the molecule is Cc1cc(N[C@H](C)C2CC2)ncc1-c1sc(C(=O)N[C@@H]2CCC[C@H]2O)nc1C(=O)N1C2CCC1CC2. The summed E-state index contributed by atoms with van der Waals surface area (Å²) < 4.78 is 0. The van der Waals surface area contributed by atoms with E-state index in [1.165, 1.54) is 24.2 Å². The molecule has 2 aliphatic heterocycles. The number of fused-ring (bicyclic) bond motifs is 2. The quantitative estimate of drug-likeness (QED) is 0.518. The third kappa shape index (κ3) is 4.41. The van der Waals surface area contributed by atoms with Gasteiger partial charge in [-0.1, -0.05) is 0 Å². The number of carbonyl (C=O) groups is 2. The summed E-state index contributed by atoms with van der Waals surface area (Å²) in [7, 11) is 0. The molecule has 4 heterocycles. The third-order valence-corrected chi connectivity index (χ3v) is 9.65. The molecule has 2 aromatic heterocycles. The first kappa shape index (κ1) is 23.9. The van der Waals surface area contributed by atoms with Gasteiger partial charge in [-0.05, 0) is 89.2 Å². The van der Waals surface area contributed by atoms with Gasteiger partial charge in [-0.2, -0.15) is 0 Å². The van der Waals surface area contributed by atoms with Crippen molar-refractivity contribution in [3.8, 4) is 10.4 Å². The van der Waals surface area contributed by atoms with E-state index in [-0.39, 0.29) is 34.9 Å². The largest absolute Gasteiger partial charge is 0.391 e. The zero-order valence-corrected chi connectivity index (χ0v) is 21.8. The van der Waals surface area contributed by atoms with Crippen molar-refractivity contribution in [1.29, 1.82) is 0 Å². The molecule has 2 saturated carbocycles. The first-order chi connectivity index (χ1) is 17.4. The number of hydrogen-bond acceptors (Lipinski definition) is 7. The van der Waals surface area contributed by atoms with Gasteiger partial charge in [0.2, 0.25) is 0 Å². The number of pyridine rings is 1. The second-order valence-electron chi connectivity index (χ2n) is 11.1. The molecule has 4 aliphatic rings. The monoisotopic (exact) mass is 509 g/mol. The van der Waals surface area contributed by atoms with Crippen molar-refractivity contribution in [2.45, 2.75) is 102 Å². The highest BCUT2D eigenvalue weighted by Gasteiger charge is 2.44. The van der Waals surface area contributed by atoms with Crippen LogP contribution in [0.25, 0.3) is 10.4 Å². The molecule has 3 atom stereocenters. The van der Waals surface area contributed by atoms with Crippen molar-refractivity contribution >= 4 is 29.0 Å². The minimum Gasteiger partial charge on any atom is -0.391 e. The van der Waals surface area contributed by atoms with Crippen molar-refractivity contribution in [3.63, 3.8) is 0 Å². The van der Waals surface area contributed by atoms with Crippen molar-refractivity contribution in [3.05, 3.63) is 28.5 Å². The van der Waals surface area contributed by atoms with Crippen LogP contribution in [-0.4, -0.2) is 62.1 Å². The van der Waals surface area contributed by atoms with Gasteiger partial charge in [0.05, 0.1) is 17.0 Å². The van der Waals surface area contributed by atoms with Crippen LogP contribution in [0.5, 0.6) is 0 Å². The third-order valence-electron chi connectivity index (χ3n) is 8.57. The van der Waals surface area contributed by atoms with E-state index in [1.54, 1.807) is 0 Å². The lowest BCUT2D eigenvalue weighted by molar-refractivity contribution is 0.0725. The van der Waals surface area contributed by atoms with E-state index < -0.39 is 6.10 Å². The molecule has 2 saturated heterocycles. The van der Waals surface area contributed by atoms with Crippen LogP contribution in [-0.2, 0) is 0 Å². The Hall–Kier alpha value is -2.52. The maximum atomic E-state index is 13.8. The molecule has 8 nitrogen and oxygen atoms in total. The maximum absolute atomic E-state index is 13.8. The Kier molecular flexibility index (Phi) is 6.24. The number of nitrogens with zero attached hydrogens (tertiary/aromatic N) is 3. The molecule has 2 aliphatic carbocycles. The number of aliphatic hydroxyl groups is 1. The number of thiazole rings is 1. The fourth-order valence-corrected chi connectivity index (χ4v) is 7.31. The second-order valence-corrected chi connectivity index (χ2v) is 12.1. The Morgan fingerprint density at radius 3 is 2.44 bits per heavy atom. The van der Waals surface area contributed by atoms with Crippen molar-refractivity contribution in [2.24, 2.45) is 5.92 Å². The molecule has 3 N–H and O–H groups in total. The van der Waals surface area contributed by atoms with Crippen molar-refractivity contribution in [1.82, 2.24) is 20.2 Å². The molecule has 2 amide bonds. The van der Waals surface area contributed by atoms with Gasteiger partial charge in [-0.3, -0.25) is 9.59 Å². The smallest absolute Gasteiger partial charge is 0.280 e. The van der Waals surface area contributed by atoms with E-state index >= 15 is 0 Å². The number of aliphatic hydroxyl groups excluding tert-OH is 1. The average molecular weight is 510 g/mol. The summed E-state index contributed by atoms with van der Waals surface area (Å²) in [6.45, 7) is 4.21. The standard InChI is InChI=1S/C27H35N5O3S/c1-14-12-22(29-15(2)16-6-7-16)28-13-19(14)24-23(27(35)32-17-8-9-18(32)11-10-17)31-26(36-24)25(34)30-20-4-3-5-21(20)33/h12-13,15-18,20-21,33H,3-11H2,1-2H3,(H,28,29)(H,30,34)/t15-,17?,18?,20-,21-/m1/s1. The molecule has 0 radical (unpaired) electrons. The molecule has 6 rings (SSSR count). The second kappa shape index (κ2) is 9.41. The molecular formula is C27H35N5O3S. The van der Waals surface area contributed by atoms with E-state index in [2.05, 4.69) is 27.5 Å². The van der Waals surface area contributed by atoms with Crippen LogP contribution >= 0.6 is 11.3 Å². The fourth-order valence-electron chi connectivity index (χ4n) is 6.27. The topological polar surface area (TPSA) is 107 Å². The van der Waals surface area contributed by atoms with Gasteiger partial charge in [0.25, 0.3) is 11.8 Å². The number of carbonyl (C=O) groups excluding carboxylic acids is 2. The minimum atomic E-state index is -0.528. The van der Waals surface area contributed by atoms with Crippen LogP contribution in [0.2, 0.25) is 0 Å². The molecule has 0 aromatic carbocycles. The average Bonchev–Trinajstić information content (AvgIpc) is 3.16. The highest BCUT2D eigenvalue weighted by atomic mass is 32.1. The van der Waals surface area contributed by atoms with Crippen LogP contribution in [0.1, 0.15) is 90.6 Å². The summed E-state index contributed by atoms with van der Waals surface area (Å²) in [5.74, 6) is 1.15. The van der Waals surface area contributed by atoms with Crippen LogP contribution < -0.4 is 10.6 Å². The lowest BCUT2D eigenvalue weighted by Gasteiger charge is -2.21. The zero-order chi connectivity index (χ0) is 25.0. The number of anilines is 1. The van der Waals surface area contributed by atoms with Crippen LogP contribution in [0.4, 0.5) is 5.82 Å². The summed E-state index contributed by atoms with van der Waals surface area (Å²) >= 11 is 1.25. The highest BCUT2D eigenvalue weighted by molar-refractivity contribution is 7.17. The number of hydrogen-bond donors (Lipinski definition) is 3. The van der Waals surface area contributed by atoms with Gasteiger partial charge in [-0.15, -0.1) is 11.3 Å². The summed E-state index contributed by atoms with van der Waals surface area (Å²) in [5.41, 5.74) is 2.19. The first-order valence-corrected chi connectivity index (χ1v) is 14.3. The highest BCUT2D eigenvalue weighted by Crippen LogP contribution is 2.41. The Morgan fingerprint density at radius 2 is 1.83 bits per heavy atom. The normalized spacial score (nSPS) is 27.9. The van der Waals surface area contributed by atoms with Gasteiger partial charge in [0.1, 0.15) is 11.5 Å². The molecule has 2 aromatic rings. The minimum absolute atomic E-state index is 0.0739. The number of rotatable bonds is 7. The molecule has 36 heavy (non-hydrogen) atoms. The van der Waals surface area contributed by atoms with Crippen LogP contribution in [0.15, 0.2) is 12.3 Å². The predicted octanol–water partition coefficient (Wildman–Crippen LogP) is 4.13. The van der Waals surface area contributed by atoms with Crippen molar-refractivity contribution in [2.75, 3.05) is 5.32 Å².